The molecule has 0 aliphatic carbocycles. The van der Waals surface area contributed by atoms with Gasteiger partial charge in [-0.05, 0) is 24.1 Å². The van der Waals surface area contributed by atoms with Crippen molar-refractivity contribution in [3.8, 4) is 0 Å². The van der Waals surface area contributed by atoms with Gasteiger partial charge in [0.15, 0.2) is 6.10 Å². The SMILES string of the molecule is CC(c1cccnc1)N1CCN(C(=O)C(O)c2ccccc2)CC1. The molecule has 1 aliphatic rings. The van der Waals surface area contributed by atoms with E-state index in [0.29, 0.717) is 18.7 Å². The number of pyridine rings is 1. The number of piperazine rings is 1. The number of carbonyl (C=O) groups excluding carboxylic acids is 1. The Morgan fingerprint density at radius 1 is 1.04 bits per heavy atom. The molecular formula is C19H23N3O2. The van der Waals surface area contributed by atoms with E-state index in [0.717, 1.165) is 13.1 Å². The van der Waals surface area contributed by atoms with Crippen LogP contribution in [0.4, 0.5) is 0 Å². The average Bonchev–Trinajstić information content (AvgIpc) is 2.68. The van der Waals surface area contributed by atoms with Gasteiger partial charge in [-0.1, -0.05) is 36.4 Å². The molecule has 0 radical (unpaired) electrons. The first-order valence-corrected chi connectivity index (χ1v) is 8.32. The molecule has 0 bridgehead atoms. The third-order valence-electron chi connectivity index (χ3n) is 4.69. The molecule has 1 fully saturated rings. The van der Waals surface area contributed by atoms with Gasteiger partial charge in [0, 0.05) is 44.6 Å². The lowest BCUT2D eigenvalue weighted by molar-refractivity contribution is -0.142. The molecule has 2 heterocycles. The third kappa shape index (κ3) is 3.63. The van der Waals surface area contributed by atoms with Gasteiger partial charge in [-0.25, -0.2) is 0 Å². The van der Waals surface area contributed by atoms with E-state index in [4.69, 9.17) is 0 Å². The Labute approximate surface area is 142 Å². The monoisotopic (exact) mass is 325 g/mol. The summed E-state index contributed by atoms with van der Waals surface area (Å²) >= 11 is 0. The molecule has 1 aliphatic heterocycles. The Morgan fingerprint density at radius 2 is 1.71 bits per heavy atom. The van der Waals surface area contributed by atoms with Gasteiger partial charge in [0.25, 0.3) is 5.91 Å². The Hall–Kier alpha value is -2.24. The maximum Gasteiger partial charge on any atom is 0.256 e. The first-order valence-electron chi connectivity index (χ1n) is 8.32. The molecule has 5 nitrogen and oxygen atoms in total. The number of nitrogens with zero attached hydrogens (tertiary/aromatic N) is 3. The second-order valence-electron chi connectivity index (χ2n) is 6.14. The number of amides is 1. The summed E-state index contributed by atoms with van der Waals surface area (Å²) in [7, 11) is 0. The molecule has 24 heavy (non-hydrogen) atoms. The van der Waals surface area contributed by atoms with Crippen LogP contribution in [-0.4, -0.2) is 52.0 Å². The van der Waals surface area contributed by atoms with E-state index < -0.39 is 6.10 Å². The van der Waals surface area contributed by atoms with Crippen LogP contribution in [0.1, 0.15) is 30.2 Å². The third-order valence-corrected chi connectivity index (χ3v) is 4.69. The van der Waals surface area contributed by atoms with Crippen LogP contribution in [0.3, 0.4) is 0 Å². The van der Waals surface area contributed by atoms with Gasteiger partial charge in [0.05, 0.1) is 0 Å². The fraction of sp³-hybridized carbons (Fsp3) is 0.368. The predicted octanol–water partition coefficient (Wildman–Crippen LogP) is 2.02. The Balaban J connectivity index is 1.58. The summed E-state index contributed by atoms with van der Waals surface area (Å²) in [4.78, 5) is 20.8. The van der Waals surface area contributed by atoms with Gasteiger partial charge in [-0.3, -0.25) is 14.7 Å². The molecule has 1 aromatic heterocycles. The topological polar surface area (TPSA) is 56.7 Å². The smallest absolute Gasteiger partial charge is 0.256 e. The van der Waals surface area contributed by atoms with Crippen LogP contribution < -0.4 is 0 Å². The molecule has 2 aromatic rings. The standard InChI is InChI=1S/C19H23N3O2/c1-15(17-8-5-9-20-14-17)21-10-12-22(13-11-21)19(24)18(23)16-6-3-2-4-7-16/h2-9,14-15,18,23H,10-13H2,1H3. The first-order chi connectivity index (χ1) is 11.7. The highest BCUT2D eigenvalue weighted by molar-refractivity contribution is 5.82. The van der Waals surface area contributed by atoms with Gasteiger partial charge >= 0.3 is 0 Å². The van der Waals surface area contributed by atoms with Crippen molar-refractivity contribution < 1.29 is 9.90 Å². The van der Waals surface area contributed by atoms with Crippen LogP contribution in [0.25, 0.3) is 0 Å². The number of aliphatic hydroxyl groups excluding tert-OH is 1. The summed E-state index contributed by atoms with van der Waals surface area (Å²) in [6.07, 6.45) is 2.59. The maximum absolute atomic E-state index is 12.5. The van der Waals surface area contributed by atoms with Gasteiger partial charge < -0.3 is 10.0 Å². The van der Waals surface area contributed by atoms with Crippen LogP contribution in [0.15, 0.2) is 54.9 Å². The highest BCUT2D eigenvalue weighted by atomic mass is 16.3. The molecule has 1 amide bonds. The van der Waals surface area contributed by atoms with Crippen molar-refractivity contribution in [2.75, 3.05) is 26.2 Å². The second kappa shape index (κ2) is 7.55. The normalized spacial score (nSPS) is 18.2. The van der Waals surface area contributed by atoms with E-state index in [2.05, 4.69) is 22.9 Å². The number of carbonyl (C=O) groups is 1. The van der Waals surface area contributed by atoms with Crippen LogP contribution >= 0.6 is 0 Å². The summed E-state index contributed by atoms with van der Waals surface area (Å²) in [6.45, 7) is 5.01. The van der Waals surface area contributed by atoms with Crippen molar-refractivity contribution in [2.24, 2.45) is 0 Å². The van der Waals surface area contributed by atoms with Crippen molar-refractivity contribution in [2.45, 2.75) is 19.1 Å². The van der Waals surface area contributed by atoms with E-state index in [9.17, 15) is 9.90 Å². The molecule has 2 atom stereocenters. The van der Waals surface area contributed by atoms with Crippen molar-refractivity contribution in [3.05, 3.63) is 66.0 Å². The molecule has 0 saturated carbocycles. The average molecular weight is 325 g/mol. The molecule has 3 rings (SSSR count). The summed E-state index contributed by atoms with van der Waals surface area (Å²) in [6, 6.07) is 13.4. The number of aliphatic hydroxyl groups is 1. The first kappa shape index (κ1) is 16.6. The summed E-state index contributed by atoms with van der Waals surface area (Å²) in [5, 5.41) is 10.3. The van der Waals surface area contributed by atoms with Crippen molar-refractivity contribution in [3.63, 3.8) is 0 Å². The number of aromatic nitrogens is 1. The lowest BCUT2D eigenvalue weighted by Gasteiger charge is -2.38. The molecule has 5 heteroatoms. The lowest BCUT2D eigenvalue weighted by atomic mass is 10.1. The molecule has 126 valence electrons. The van der Waals surface area contributed by atoms with Gasteiger partial charge in [0.2, 0.25) is 0 Å². The predicted molar refractivity (Wildman–Crippen MR) is 92.2 cm³/mol. The van der Waals surface area contributed by atoms with Gasteiger partial charge in [-0.2, -0.15) is 0 Å². The van der Waals surface area contributed by atoms with Crippen LogP contribution in [0.2, 0.25) is 0 Å². The number of benzene rings is 1. The maximum atomic E-state index is 12.5. The fourth-order valence-corrected chi connectivity index (χ4v) is 3.11. The fourth-order valence-electron chi connectivity index (χ4n) is 3.11. The summed E-state index contributed by atoms with van der Waals surface area (Å²) in [5.41, 5.74) is 1.83. The minimum absolute atomic E-state index is 0.213. The zero-order valence-corrected chi connectivity index (χ0v) is 13.9. The molecule has 1 saturated heterocycles. The zero-order valence-electron chi connectivity index (χ0n) is 13.9. The highest BCUT2D eigenvalue weighted by Crippen LogP contribution is 2.22. The van der Waals surface area contributed by atoms with Gasteiger partial charge in [0.1, 0.15) is 0 Å². The van der Waals surface area contributed by atoms with Gasteiger partial charge in [-0.15, -0.1) is 0 Å². The van der Waals surface area contributed by atoms with E-state index in [1.54, 1.807) is 23.2 Å². The summed E-state index contributed by atoms with van der Waals surface area (Å²) in [5.74, 6) is -0.213. The zero-order chi connectivity index (χ0) is 16.9. The second-order valence-corrected chi connectivity index (χ2v) is 6.14. The van der Waals surface area contributed by atoms with E-state index in [-0.39, 0.29) is 11.9 Å². The van der Waals surface area contributed by atoms with Crippen LogP contribution in [-0.2, 0) is 4.79 Å². The molecule has 0 spiro atoms. The molecule has 2 unspecified atom stereocenters. The van der Waals surface area contributed by atoms with Crippen molar-refractivity contribution in [1.82, 2.24) is 14.8 Å². The van der Waals surface area contributed by atoms with Crippen LogP contribution in [0.5, 0.6) is 0 Å². The quantitative estimate of drug-likeness (QED) is 0.934. The van der Waals surface area contributed by atoms with Crippen molar-refractivity contribution >= 4 is 5.91 Å². The minimum atomic E-state index is -1.08. The van der Waals surface area contributed by atoms with Crippen LogP contribution in [0, 0.1) is 0 Å². The Bertz CT molecular complexity index is 655. The molecule has 1 aromatic carbocycles. The lowest BCUT2D eigenvalue weighted by Crippen LogP contribution is -2.50. The number of rotatable bonds is 4. The van der Waals surface area contributed by atoms with E-state index in [1.807, 2.05) is 30.5 Å². The highest BCUT2D eigenvalue weighted by Gasteiger charge is 2.28. The molecule has 1 N–H and O–H groups in total. The summed E-state index contributed by atoms with van der Waals surface area (Å²) < 4.78 is 0. The number of hydrogen-bond donors (Lipinski definition) is 1. The largest absolute Gasteiger partial charge is 0.378 e. The molecular weight excluding hydrogens is 302 g/mol. The van der Waals surface area contributed by atoms with E-state index in [1.165, 1.54) is 5.56 Å². The van der Waals surface area contributed by atoms with E-state index >= 15 is 0 Å². The Morgan fingerprint density at radius 3 is 2.33 bits per heavy atom. The minimum Gasteiger partial charge on any atom is -0.378 e. The Kier molecular flexibility index (Phi) is 5.23. The number of hydrogen-bond acceptors (Lipinski definition) is 4. The van der Waals surface area contributed by atoms with Crippen molar-refractivity contribution in [1.29, 1.82) is 0 Å².